The van der Waals surface area contributed by atoms with E-state index in [-0.39, 0.29) is 37.2 Å². The summed E-state index contributed by atoms with van der Waals surface area (Å²) >= 11 is 0. The quantitative estimate of drug-likeness (QED) is 0.875. The zero-order valence-corrected chi connectivity index (χ0v) is 14.7. The molecule has 2 saturated heterocycles. The van der Waals surface area contributed by atoms with E-state index in [1.807, 2.05) is 0 Å². The van der Waals surface area contributed by atoms with E-state index in [4.69, 9.17) is 19.3 Å². The van der Waals surface area contributed by atoms with Gasteiger partial charge >= 0.3 is 6.09 Å². The fourth-order valence-corrected chi connectivity index (χ4v) is 3.04. The summed E-state index contributed by atoms with van der Waals surface area (Å²) in [5.74, 6) is -2.28. The van der Waals surface area contributed by atoms with Crippen molar-refractivity contribution in [1.82, 2.24) is 4.90 Å². The van der Waals surface area contributed by atoms with Gasteiger partial charge in [-0.05, 0) is 13.8 Å². The maximum atomic E-state index is 14.2. The third kappa shape index (κ3) is 4.16. The number of amides is 1. The second-order valence-electron chi connectivity index (χ2n) is 6.75. The van der Waals surface area contributed by atoms with Crippen LogP contribution < -0.4 is 9.64 Å². The highest BCUT2D eigenvalue weighted by molar-refractivity contribution is 5.65. The first-order chi connectivity index (χ1) is 12.2. The Balaban J connectivity index is 1.66. The molecule has 1 unspecified atom stereocenters. The van der Waals surface area contributed by atoms with Crippen molar-refractivity contribution in [1.29, 1.82) is 0 Å². The van der Waals surface area contributed by atoms with E-state index < -0.39 is 23.5 Å². The van der Waals surface area contributed by atoms with E-state index in [0.717, 1.165) is 6.07 Å². The number of ether oxygens (including phenoxy) is 3. The second kappa shape index (κ2) is 7.24. The molecule has 144 valence electrons. The van der Waals surface area contributed by atoms with E-state index >= 15 is 0 Å². The summed E-state index contributed by atoms with van der Waals surface area (Å²) < 4.78 is 44.8. The topological polar surface area (TPSA) is 71.5 Å². The number of hydrogen-bond donors (Lipinski definition) is 1. The lowest BCUT2D eigenvalue weighted by Gasteiger charge is -2.34. The van der Waals surface area contributed by atoms with Gasteiger partial charge in [-0.2, -0.15) is 0 Å². The molecule has 26 heavy (non-hydrogen) atoms. The Morgan fingerprint density at radius 1 is 1.27 bits per heavy atom. The molecule has 0 spiro atoms. The molecular weight excluding hydrogens is 350 g/mol. The first-order valence-corrected chi connectivity index (χ1v) is 8.41. The molecule has 0 saturated carbocycles. The van der Waals surface area contributed by atoms with Crippen LogP contribution >= 0.6 is 0 Å². The van der Waals surface area contributed by atoms with Crippen molar-refractivity contribution in [3.05, 3.63) is 23.8 Å². The van der Waals surface area contributed by atoms with E-state index in [9.17, 15) is 13.6 Å². The van der Waals surface area contributed by atoms with E-state index in [1.165, 1.54) is 11.0 Å². The number of benzene rings is 1. The van der Waals surface area contributed by atoms with Crippen molar-refractivity contribution in [2.24, 2.45) is 0 Å². The van der Waals surface area contributed by atoms with E-state index in [2.05, 4.69) is 0 Å². The predicted molar refractivity (Wildman–Crippen MR) is 88.6 cm³/mol. The molecule has 2 fully saturated rings. The minimum absolute atomic E-state index is 0.0737. The summed E-state index contributed by atoms with van der Waals surface area (Å²) in [6.07, 6.45) is -1.34. The summed E-state index contributed by atoms with van der Waals surface area (Å²) in [5.41, 5.74) is 0.190. The molecule has 7 nitrogen and oxygen atoms in total. The van der Waals surface area contributed by atoms with Crippen LogP contribution in [-0.4, -0.2) is 67.4 Å². The van der Waals surface area contributed by atoms with Crippen LogP contribution in [0.3, 0.4) is 0 Å². The largest absolute Gasteiger partial charge is 0.488 e. The fourth-order valence-electron chi connectivity index (χ4n) is 3.04. The van der Waals surface area contributed by atoms with E-state index in [0.29, 0.717) is 19.7 Å². The molecule has 1 N–H and O–H groups in total. The van der Waals surface area contributed by atoms with Gasteiger partial charge in [0.05, 0.1) is 12.3 Å². The minimum Gasteiger partial charge on any atom is -0.488 e. The summed E-state index contributed by atoms with van der Waals surface area (Å²) in [5, 5.41) is 8.98. The molecule has 1 amide bonds. The lowest BCUT2D eigenvalue weighted by molar-refractivity contribution is -0.141. The number of piperazine rings is 1. The maximum absolute atomic E-state index is 14.2. The van der Waals surface area contributed by atoms with Crippen LogP contribution in [0.1, 0.15) is 13.8 Å². The predicted octanol–water partition coefficient (Wildman–Crippen LogP) is 2.30. The van der Waals surface area contributed by atoms with Crippen LogP contribution in [0, 0.1) is 11.6 Å². The van der Waals surface area contributed by atoms with Gasteiger partial charge in [0.25, 0.3) is 0 Å². The van der Waals surface area contributed by atoms with Crippen LogP contribution in [0.2, 0.25) is 0 Å². The highest BCUT2D eigenvalue weighted by Gasteiger charge is 2.33. The van der Waals surface area contributed by atoms with Crippen LogP contribution in [-0.2, 0) is 9.47 Å². The highest BCUT2D eigenvalue weighted by atomic mass is 19.1. The number of anilines is 1. The van der Waals surface area contributed by atoms with Gasteiger partial charge in [0.1, 0.15) is 18.5 Å². The highest BCUT2D eigenvalue weighted by Crippen LogP contribution is 2.30. The number of carboxylic acid groups (broad SMARTS) is 1. The summed E-state index contributed by atoms with van der Waals surface area (Å²) in [7, 11) is 0. The molecule has 2 aliphatic rings. The molecule has 1 atom stereocenters. The smallest absolute Gasteiger partial charge is 0.407 e. The van der Waals surface area contributed by atoms with Crippen molar-refractivity contribution < 1.29 is 32.9 Å². The molecule has 1 aromatic rings. The van der Waals surface area contributed by atoms with Crippen molar-refractivity contribution in [3.8, 4) is 5.75 Å². The van der Waals surface area contributed by atoms with Gasteiger partial charge in [-0.25, -0.2) is 13.6 Å². The number of hydrogen-bond acceptors (Lipinski definition) is 5. The van der Waals surface area contributed by atoms with Gasteiger partial charge in [-0.1, -0.05) is 0 Å². The van der Waals surface area contributed by atoms with Crippen LogP contribution in [0.15, 0.2) is 12.1 Å². The lowest BCUT2D eigenvalue weighted by atomic mass is 10.2. The zero-order valence-electron chi connectivity index (χ0n) is 14.7. The molecular formula is C17H22F2N2O5. The monoisotopic (exact) mass is 372 g/mol. The Labute approximate surface area is 150 Å². The van der Waals surface area contributed by atoms with Gasteiger partial charge in [0.2, 0.25) is 0 Å². The van der Waals surface area contributed by atoms with Gasteiger partial charge in [-0.15, -0.1) is 0 Å². The molecule has 0 bridgehead atoms. The Bertz CT molecular complexity index is 677. The number of rotatable bonds is 4. The van der Waals surface area contributed by atoms with Crippen molar-refractivity contribution >= 4 is 11.8 Å². The Morgan fingerprint density at radius 2 is 1.96 bits per heavy atom. The second-order valence-corrected chi connectivity index (χ2v) is 6.75. The Kier molecular flexibility index (Phi) is 5.19. The molecule has 2 heterocycles. The Hall–Kier alpha value is -2.13. The average molecular weight is 372 g/mol. The van der Waals surface area contributed by atoms with Crippen LogP contribution in [0.4, 0.5) is 19.3 Å². The lowest BCUT2D eigenvalue weighted by Crippen LogP contribution is -2.48. The van der Waals surface area contributed by atoms with Crippen molar-refractivity contribution in [2.45, 2.75) is 25.7 Å². The summed E-state index contributed by atoms with van der Waals surface area (Å²) in [6, 6.07) is 2.09. The summed E-state index contributed by atoms with van der Waals surface area (Å²) in [4.78, 5) is 13.9. The molecule has 1 aromatic carbocycles. The first-order valence-electron chi connectivity index (χ1n) is 8.41. The number of halogens is 2. The third-order valence-corrected chi connectivity index (χ3v) is 4.38. The van der Waals surface area contributed by atoms with E-state index in [1.54, 1.807) is 18.7 Å². The normalized spacial score (nSPS) is 22.5. The molecule has 2 aliphatic heterocycles. The SMILES string of the molecule is CC1(C)OCC(COc2cc(N3CCN(C(=O)O)CC3)c(F)cc2F)O1. The number of carbonyl (C=O) groups is 1. The van der Waals surface area contributed by atoms with Crippen molar-refractivity contribution in [2.75, 3.05) is 44.3 Å². The molecule has 3 rings (SSSR count). The molecule has 0 radical (unpaired) electrons. The van der Waals surface area contributed by atoms with Crippen molar-refractivity contribution in [3.63, 3.8) is 0 Å². The van der Waals surface area contributed by atoms with Crippen LogP contribution in [0.5, 0.6) is 5.75 Å². The third-order valence-electron chi connectivity index (χ3n) is 4.38. The van der Waals surface area contributed by atoms with Gasteiger partial charge in [0, 0.05) is 38.3 Å². The first kappa shape index (κ1) is 18.7. The minimum atomic E-state index is -1.00. The molecule has 0 aromatic heterocycles. The standard InChI is InChI=1S/C17H22F2N2O5/c1-17(2)25-10-11(26-17)9-24-15-8-14(12(18)7-13(15)19)20-3-5-21(6-4-20)16(22)23/h7-8,11H,3-6,9-10H2,1-2H3,(H,22,23). The fraction of sp³-hybridized carbons (Fsp3) is 0.588. The van der Waals surface area contributed by atoms with Gasteiger partial charge in [-0.3, -0.25) is 0 Å². The Morgan fingerprint density at radius 3 is 2.54 bits per heavy atom. The average Bonchev–Trinajstić information content (AvgIpc) is 2.93. The van der Waals surface area contributed by atoms with Gasteiger partial charge in [0.15, 0.2) is 17.4 Å². The summed E-state index contributed by atoms with van der Waals surface area (Å²) in [6.45, 7) is 5.12. The number of nitrogens with zero attached hydrogens (tertiary/aromatic N) is 2. The zero-order chi connectivity index (χ0) is 18.9. The van der Waals surface area contributed by atoms with Gasteiger partial charge < -0.3 is 29.1 Å². The molecule has 0 aliphatic carbocycles. The van der Waals surface area contributed by atoms with Crippen LogP contribution in [0.25, 0.3) is 0 Å². The molecule has 9 heteroatoms. The maximum Gasteiger partial charge on any atom is 0.407 e.